The standard InChI is InChI=1S/C24H25N3O3/c1-29-22-11-10-21(13-23(22)30-2)26-24(28)25-20-9-8-18-15-27(16-19(18)12-20)14-17-6-4-3-5-7-17/h3-13H,14-16H2,1-2H3,(H2,25,26,28). The van der Waals surface area contributed by atoms with E-state index in [0.717, 1.165) is 25.3 Å². The molecule has 0 aromatic heterocycles. The number of fused-ring (bicyclic) bond motifs is 1. The summed E-state index contributed by atoms with van der Waals surface area (Å²) in [5.41, 5.74) is 5.25. The van der Waals surface area contributed by atoms with Crippen molar-refractivity contribution in [1.82, 2.24) is 4.90 Å². The van der Waals surface area contributed by atoms with Crippen LogP contribution >= 0.6 is 0 Å². The van der Waals surface area contributed by atoms with E-state index in [1.54, 1.807) is 32.4 Å². The van der Waals surface area contributed by atoms with E-state index >= 15 is 0 Å². The number of rotatable bonds is 6. The number of carbonyl (C=O) groups is 1. The van der Waals surface area contributed by atoms with E-state index in [-0.39, 0.29) is 6.03 Å². The van der Waals surface area contributed by atoms with Gasteiger partial charge >= 0.3 is 6.03 Å². The minimum atomic E-state index is -0.304. The highest BCUT2D eigenvalue weighted by molar-refractivity contribution is 6.00. The molecule has 1 heterocycles. The highest BCUT2D eigenvalue weighted by Gasteiger charge is 2.19. The van der Waals surface area contributed by atoms with Crippen molar-refractivity contribution in [3.8, 4) is 11.5 Å². The Labute approximate surface area is 176 Å². The van der Waals surface area contributed by atoms with Gasteiger partial charge in [-0.1, -0.05) is 36.4 Å². The Hall–Kier alpha value is -3.51. The maximum Gasteiger partial charge on any atom is 0.323 e. The summed E-state index contributed by atoms with van der Waals surface area (Å²) in [5.74, 6) is 1.17. The van der Waals surface area contributed by atoms with Crippen LogP contribution in [0, 0.1) is 0 Å². The molecular weight excluding hydrogens is 378 g/mol. The molecule has 1 aliphatic rings. The molecule has 0 atom stereocenters. The first-order valence-electron chi connectivity index (χ1n) is 9.82. The summed E-state index contributed by atoms with van der Waals surface area (Å²) in [6.45, 7) is 2.71. The van der Waals surface area contributed by atoms with E-state index in [2.05, 4.69) is 51.9 Å². The first-order valence-corrected chi connectivity index (χ1v) is 9.82. The van der Waals surface area contributed by atoms with Crippen LogP contribution in [0.15, 0.2) is 66.7 Å². The fourth-order valence-corrected chi connectivity index (χ4v) is 3.70. The van der Waals surface area contributed by atoms with Gasteiger partial charge in [-0.25, -0.2) is 4.79 Å². The Morgan fingerprint density at radius 1 is 0.833 bits per heavy atom. The number of methoxy groups -OCH3 is 2. The molecule has 0 saturated carbocycles. The Morgan fingerprint density at radius 2 is 1.50 bits per heavy atom. The minimum absolute atomic E-state index is 0.304. The highest BCUT2D eigenvalue weighted by Crippen LogP contribution is 2.30. The van der Waals surface area contributed by atoms with E-state index in [1.165, 1.54) is 16.7 Å². The lowest BCUT2D eigenvalue weighted by Crippen LogP contribution is -2.19. The number of carbonyl (C=O) groups excluding carboxylic acids is 1. The smallest absolute Gasteiger partial charge is 0.323 e. The van der Waals surface area contributed by atoms with Crippen LogP contribution in [0.5, 0.6) is 11.5 Å². The molecule has 2 N–H and O–H groups in total. The summed E-state index contributed by atoms with van der Waals surface area (Å²) in [7, 11) is 3.14. The first-order chi connectivity index (χ1) is 14.6. The SMILES string of the molecule is COc1ccc(NC(=O)Nc2ccc3c(c2)CN(Cc2ccccc2)C3)cc1OC. The van der Waals surface area contributed by atoms with Crippen LogP contribution in [0.1, 0.15) is 16.7 Å². The average Bonchev–Trinajstić information content (AvgIpc) is 3.15. The lowest BCUT2D eigenvalue weighted by atomic mass is 10.1. The quantitative estimate of drug-likeness (QED) is 0.617. The fourth-order valence-electron chi connectivity index (χ4n) is 3.70. The molecule has 1 aliphatic heterocycles. The van der Waals surface area contributed by atoms with Gasteiger partial charge in [-0.3, -0.25) is 4.90 Å². The van der Waals surface area contributed by atoms with Crippen LogP contribution in [0.4, 0.5) is 16.2 Å². The molecule has 6 heteroatoms. The van der Waals surface area contributed by atoms with Gasteiger partial charge in [-0.15, -0.1) is 0 Å². The third-order valence-corrected chi connectivity index (χ3v) is 5.14. The molecule has 0 unspecified atom stereocenters. The number of benzene rings is 3. The lowest BCUT2D eigenvalue weighted by Gasteiger charge is -2.14. The van der Waals surface area contributed by atoms with Crippen LogP contribution in [0.25, 0.3) is 0 Å². The summed E-state index contributed by atoms with van der Waals surface area (Å²) in [6, 6.07) is 21.5. The van der Waals surface area contributed by atoms with E-state index in [4.69, 9.17) is 9.47 Å². The van der Waals surface area contributed by atoms with Crippen molar-refractivity contribution in [2.75, 3.05) is 24.9 Å². The van der Waals surface area contributed by atoms with Gasteiger partial charge in [0.25, 0.3) is 0 Å². The zero-order valence-electron chi connectivity index (χ0n) is 17.1. The van der Waals surface area contributed by atoms with Gasteiger partial charge in [0.05, 0.1) is 14.2 Å². The van der Waals surface area contributed by atoms with Crippen LogP contribution in [-0.4, -0.2) is 25.2 Å². The Bertz CT molecular complexity index is 1040. The molecule has 0 bridgehead atoms. The number of nitrogens with zero attached hydrogens (tertiary/aromatic N) is 1. The Morgan fingerprint density at radius 3 is 2.23 bits per heavy atom. The molecule has 154 valence electrons. The van der Waals surface area contributed by atoms with Crippen LogP contribution in [0.2, 0.25) is 0 Å². The summed E-state index contributed by atoms with van der Waals surface area (Å²) >= 11 is 0. The molecule has 0 spiro atoms. The normalized spacial score (nSPS) is 12.9. The number of hydrogen-bond acceptors (Lipinski definition) is 4. The van der Waals surface area contributed by atoms with E-state index in [0.29, 0.717) is 17.2 Å². The molecule has 0 saturated heterocycles. The fraction of sp³-hybridized carbons (Fsp3) is 0.208. The van der Waals surface area contributed by atoms with Gasteiger partial charge in [0.15, 0.2) is 11.5 Å². The molecule has 2 amide bonds. The van der Waals surface area contributed by atoms with Gasteiger partial charge in [-0.2, -0.15) is 0 Å². The number of anilines is 2. The Kier molecular flexibility index (Phi) is 5.86. The lowest BCUT2D eigenvalue weighted by molar-refractivity contribution is 0.262. The van der Waals surface area contributed by atoms with Crippen molar-refractivity contribution < 1.29 is 14.3 Å². The van der Waals surface area contributed by atoms with Gasteiger partial charge in [-0.05, 0) is 41.0 Å². The summed E-state index contributed by atoms with van der Waals surface area (Å²) in [4.78, 5) is 14.8. The summed E-state index contributed by atoms with van der Waals surface area (Å²) in [6.07, 6.45) is 0. The molecule has 30 heavy (non-hydrogen) atoms. The molecule has 0 radical (unpaired) electrons. The van der Waals surface area contributed by atoms with Crippen molar-refractivity contribution in [1.29, 1.82) is 0 Å². The van der Waals surface area contributed by atoms with Crippen LogP contribution in [0.3, 0.4) is 0 Å². The predicted molar refractivity (Wildman–Crippen MR) is 118 cm³/mol. The average molecular weight is 403 g/mol. The van der Waals surface area contributed by atoms with Crippen molar-refractivity contribution in [3.63, 3.8) is 0 Å². The molecule has 0 aliphatic carbocycles. The molecule has 4 rings (SSSR count). The summed E-state index contributed by atoms with van der Waals surface area (Å²) < 4.78 is 10.5. The second kappa shape index (κ2) is 8.88. The number of amides is 2. The highest BCUT2D eigenvalue weighted by atomic mass is 16.5. The Balaban J connectivity index is 1.37. The van der Waals surface area contributed by atoms with E-state index in [1.807, 2.05) is 12.1 Å². The summed E-state index contributed by atoms with van der Waals surface area (Å²) in [5, 5.41) is 5.74. The van der Waals surface area contributed by atoms with Crippen LogP contribution in [-0.2, 0) is 19.6 Å². The minimum Gasteiger partial charge on any atom is -0.493 e. The second-order valence-electron chi connectivity index (χ2n) is 7.26. The first kappa shape index (κ1) is 19.8. The van der Waals surface area contributed by atoms with Crippen molar-refractivity contribution in [2.45, 2.75) is 19.6 Å². The monoisotopic (exact) mass is 403 g/mol. The van der Waals surface area contributed by atoms with Gasteiger partial charge in [0.2, 0.25) is 0 Å². The predicted octanol–water partition coefficient (Wildman–Crippen LogP) is 4.86. The van der Waals surface area contributed by atoms with Crippen molar-refractivity contribution in [3.05, 3.63) is 83.4 Å². The van der Waals surface area contributed by atoms with Gasteiger partial charge in [0.1, 0.15) is 0 Å². The third-order valence-electron chi connectivity index (χ3n) is 5.14. The molecule has 3 aromatic carbocycles. The molecule has 3 aromatic rings. The molecule has 0 fully saturated rings. The van der Waals surface area contributed by atoms with E-state index < -0.39 is 0 Å². The van der Waals surface area contributed by atoms with Crippen molar-refractivity contribution >= 4 is 17.4 Å². The number of ether oxygens (including phenoxy) is 2. The van der Waals surface area contributed by atoms with Gasteiger partial charge in [0, 0.05) is 37.1 Å². The second-order valence-corrected chi connectivity index (χ2v) is 7.26. The number of nitrogens with one attached hydrogen (secondary N) is 2. The maximum absolute atomic E-state index is 12.4. The molecular formula is C24H25N3O3. The third kappa shape index (κ3) is 4.55. The molecule has 6 nitrogen and oxygen atoms in total. The maximum atomic E-state index is 12.4. The van der Waals surface area contributed by atoms with Crippen molar-refractivity contribution in [2.24, 2.45) is 0 Å². The zero-order chi connectivity index (χ0) is 20.9. The largest absolute Gasteiger partial charge is 0.493 e. The number of hydrogen-bond donors (Lipinski definition) is 2. The topological polar surface area (TPSA) is 62.8 Å². The number of urea groups is 1. The zero-order valence-corrected chi connectivity index (χ0v) is 17.1. The van der Waals surface area contributed by atoms with Crippen LogP contribution < -0.4 is 20.1 Å². The van der Waals surface area contributed by atoms with E-state index in [9.17, 15) is 4.79 Å². The van der Waals surface area contributed by atoms with Gasteiger partial charge < -0.3 is 20.1 Å².